The molecule has 17 heavy (non-hydrogen) atoms. The summed E-state index contributed by atoms with van der Waals surface area (Å²) in [6.45, 7) is 0. The highest BCUT2D eigenvalue weighted by Crippen LogP contribution is 2.17. The van der Waals surface area contributed by atoms with E-state index in [1.165, 1.54) is 18.2 Å². The number of nitrogens with zero attached hydrogens (tertiary/aromatic N) is 1. The lowest BCUT2D eigenvalue weighted by Crippen LogP contribution is -2.16. The molecule has 1 aromatic carbocycles. The molecule has 0 aliphatic heterocycles. The maximum absolute atomic E-state index is 11.3. The van der Waals surface area contributed by atoms with Gasteiger partial charge in [-0.15, -0.1) is 0 Å². The second-order valence-electron chi connectivity index (χ2n) is 3.39. The summed E-state index contributed by atoms with van der Waals surface area (Å²) in [4.78, 5) is 10.3. The van der Waals surface area contributed by atoms with Crippen LogP contribution < -0.4 is 5.14 Å². The summed E-state index contributed by atoms with van der Waals surface area (Å²) in [6, 6.07) is 5.98. The number of benzene rings is 1. The van der Waals surface area contributed by atoms with Gasteiger partial charge >= 0.3 is 5.97 Å². The number of aliphatic carboxylic acids is 1. The van der Waals surface area contributed by atoms with Crippen LogP contribution in [0.1, 0.15) is 11.1 Å². The van der Waals surface area contributed by atoms with Gasteiger partial charge in [0.2, 0.25) is 10.0 Å². The van der Waals surface area contributed by atoms with Gasteiger partial charge in [-0.25, -0.2) is 13.6 Å². The van der Waals surface area contributed by atoms with Crippen LogP contribution in [0.5, 0.6) is 0 Å². The number of nitriles is 1. The average molecular weight is 254 g/mol. The van der Waals surface area contributed by atoms with Gasteiger partial charge in [0.1, 0.15) is 0 Å². The largest absolute Gasteiger partial charge is 0.481 e. The zero-order valence-electron chi connectivity index (χ0n) is 8.75. The molecule has 0 unspecified atom stereocenters. The minimum Gasteiger partial charge on any atom is -0.481 e. The molecule has 0 atom stereocenters. The molecule has 0 aromatic heterocycles. The summed E-state index contributed by atoms with van der Waals surface area (Å²) in [5.41, 5.74) is 0.590. The predicted molar refractivity (Wildman–Crippen MR) is 58.5 cm³/mol. The molecule has 0 amide bonds. The van der Waals surface area contributed by atoms with Gasteiger partial charge in [-0.3, -0.25) is 4.79 Å². The van der Waals surface area contributed by atoms with Crippen LogP contribution in [0, 0.1) is 11.3 Å². The zero-order valence-corrected chi connectivity index (χ0v) is 9.57. The Morgan fingerprint density at radius 2 is 2.12 bits per heavy atom. The molecule has 6 nitrogen and oxygen atoms in total. The minimum atomic E-state index is -3.99. The molecular weight excluding hydrogens is 244 g/mol. The molecule has 0 aliphatic carbocycles. The van der Waals surface area contributed by atoms with Gasteiger partial charge in [0.25, 0.3) is 0 Å². The van der Waals surface area contributed by atoms with E-state index in [0.29, 0.717) is 5.56 Å². The quantitative estimate of drug-likeness (QED) is 0.784. The normalized spacial score (nSPS) is 10.8. The number of hydrogen-bond acceptors (Lipinski definition) is 4. The van der Waals surface area contributed by atoms with E-state index in [9.17, 15) is 13.2 Å². The molecule has 0 radical (unpaired) electrons. The highest BCUT2D eigenvalue weighted by Gasteiger charge is 2.16. The first-order chi connectivity index (χ1) is 7.84. The van der Waals surface area contributed by atoms with Crippen LogP contribution in [0.4, 0.5) is 0 Å². The molecule has 7 heteroatoms. The number of carboxylic acids is 1. The van der Waals surface area contributed by atoms with Crippen molar-refractivity contribution in [2.75, 3.05) is 0 Å². The number of carboxylic acid groups (broad SMARTS) is 1. The topological polar surface area (TPSA) is 121 Å². The van der Waals surface area contributed by atoms with Crippen LogP contribution in [0.15, 0.2) is 23.1 Å². The van der Waals surface area contributed by atoms with Gasteiger partial charge in [-0.05, 0) is 17.2 Å². The molecule has 90 valence electrons. The lowest BCUT2D eigenvalue weighted by atomic mass is 10.1. The van der Waals surface area contributed by atoms with Crippen molar-refractivity contribution < 1.29 is 18.3 Å². The van der Waals surface area contributed by atoms with E-state index in [2.05, 4.69) is 0 Å². The van der Waals surface area contributed by atoms with Crippen molar-refractivity contribution in [2.24, 2.45) is 5.14 Å². The Kier molecular flexibility index (Phi) is 3.83. The van der Waals surface area contributed by atoms with Crippen LogP contribution in [0.2, 0.25) is 0 Å². The first-order valence-corrected chi connectivity index (χ1v) is 6.12. The Labute approximate surface area is 98.3 Å². The Morgan fingerprint density at radius 1 is 1.47 bits per heavy atom. The summed E-state index contributed by atoms with van der Waals surface area (Å²) in [7, 11) is -3.99. The second-order valence-corrected chi connectivity index (χ2v) is 4.92. The lowest BCUT2D eigenvalue weighted by molar-refractivity contribution is -0.136. The zero-order chi connectivity index (χ0) is 13.1. The monoisotopic (exact) mass is 254 g/mol. The van der Waals surface area contributed by atoms with E-state index in [0.717, 1.165) is 0 Å². The van der Waals surface area contributed by atoms with Crippen LogP contribution in [0.25, 0.3) is 0 Å². The average Bonchev–Trinajstić information content (AvgIpc) is 2.18. The Hall–Kier alpha value is -1.91. The van der Waals surface area contributed by atoms with Crippen molar-refractivity contribution in [2.45, 2.75) is 17.7 Å². The van der Waals surface area contributed by atoms with Crippen molar-refractivity contribution in [3.63, 3.8) is 0 Å². The van der Waals surface area contributed by atoms with Crippen LogP contribution >= 0.6 is 0 Å². The number of sulfonamides is 1. The molecular formula is C10H10N2O4S. The van der Waals surface area contributed by atoms with Gasteiger partial charge in [0, 0.05) is 0 Å². The minimum absolute atomic E-state index is 0.0376. The highest BCUT2D eigenvalue weighted by molar-refractivity contribution is 7.89. The summed E-state index contributed by atoms with van der Waals surface area (Å²) in [6.07, 6.45) is -0.394. The number of hydrogen-bond donors (Lipinski definition) is 2. The molecule has 0 spiro atoms. The van der Waals surface area contributed by atoms with E-state index in [-0.39, 0.29) is 16.9 Å². The van der Waals surface area contributed by atoms with Crippen molar-refractivity contribution in [3.05, 3.63) is 29.3 Å². The summed E-state index contributed by atoms with van der Waals surface area (Å²) >= 11 is 0. The van der Waals surface area contributed by atoms with Gasteiger partial charge in [0.05, 0.1) is 23.8 Å². The van der Waals surface area contributed by atoms with Crippen LogP contribution in [0.3, 0.4) is 0 Å². The molecule has 0 aliphatic rings. The van der Waals surface area contributed by atoms with E-state index >= 15 is 0 Å². The molecule has 1 rings (SSSR count). The lowest BCUT2D eigenvalue weighted by Gasteiger charge is -2.07. The molecule has 0 heterocycles. The smallest absolute Gasteiger partial charge is 0.307 e. The number of nitrogens with two attached hydrogens (primary N) is 1. The Bertz CT molecular complexity index is 587. The molecule has 1 aromatic rings. The van der Waals surface area contributed by atoms with Crippen molar-refractivity contribution >= 4 is 16.0 Å². The van der Waals surface area contributed by atoms with Crippen molar-refractivity contribution in [1.82, 2.24) is 0 Å². The van der Waals surface area contributed by atoms with E-state index < -0.39 is 22.4 Å². The fourth-order valence-corrected chi connectivity index (χ4v) is 2.20. The number of carbonyl (C=O) groups is 1. The molecule has 0 fully saturated rings. The fraction of sp³-hybridized carbons (Fsp3) is 0.200. The van der Waals surface area contributed by atoms with E-state index in [4.69, 9.17) is 15.5 Å². The summed E-state index contributed by atoms with van der Waals surface area (Å²) in [5, 5.41) is 22.1. The van der Waals surface area contributed by atoms with Crippen LogP contribution in [-0.2, 0) is 27.7 Å². The molecule has 0 bridgehead atoms. The third-order valence-electron chi connectivity index (χ3n) is 2.06. The Balaban J connectivity index is 3.33. The summed E-state index contributed by atoms with van der Waals surface area (Å²) < 4.78 is 22.6. The van der Waals surface area contributed by atoms with Gasteiger partial charge < -0.3 is 5.11 Å². The fourth-order valence-electron chi connectivity index (χ4n) is 1.37. The first kappa shape index (κ1) is 13.2. The van der Waals surface area contributed by atoms with Crippen LogP contribution in [-0.4, -0.2) is 19.5 Å². The number of primary sulfonamides is 1. The second kappa shape index (κ2) is 4.95. The van der Waals surface area contributed by atoms with Gasteiger partial charge in [-0.1, -0.05) is 12.1 Å². The van der Waals surface area contributed by atoms with Gasteiger partial charge in [0.15, 0.2) is 0 Å². The third-order valence-corrected chi connectivity index (χ3v) is 3.06. The molecule has 3 N–H and O–H groups in total. The first-order valence-electron chi connectivity index (χ1n) is 4.58. The standard InChI is InChI=1S/C10H10N2O4S/c11-4-3-7-1-2-8(6-10(13)14)9(5-7)17(12,15)16/h1-2,5H,3,6H2,(H,13,14)(H2,12,15,16). The van der Waals surface area contributed by atoms with Crippen molar-refractivity contribution in [3.8, 4) is 6.07 Å². The summed E-state index contributed by atoms with van der Waals surface area (Å²) in [5.74, 6) is -1.15. The highest BCUT2D eigenvalue weighted by atomic mass is 32.2. The molecule has 0 saturated carbocycles. The SMILES string of the molecule is N#CCc1ccc(CC(=O)O)c(S(N)(=O)=O)c1. The molecule has 0 saturated heterocycles. The third kappa shape index (κ3) is 3.55. The van der Waals surface area contributed by atoms with E-state index in [1.54, 1.807) is 0 Å². The maximum Gasteiger partial charge on any atom is 0.307 e. The number of rotatable bonds is 4. The van der Waals surface area contributed by atoms with E-state index in [1.807, 2.05) is 6.07 Å². The van der Waals surface area contributed by atoms with Gasteiger partial charge in [-0.2, -0.15) is 5.26 Å². The Morgan fingerprint density at radius 3 is 2.59 bits per heavy atom. The van der Waals surface area contributed by atoms with Crippen molar-refractivity contribution in [1.29, 1.82) is 5.26 Å². The maximum atomic E-state index is 11.3. The predicted octanol–water partition coefficient (Wildman–Crippen LogP) is 0.0272.